The van der Waals surface area contributed by atoms with E-state index in [4.69, 9.17) is 0 Å². The molecule has 0 amide bonds. The molecule has 1 saturated heterocycles. The highest BCUT2D eigenvalue weighted by Crippen LogP contribution is 2.29. The molecule has 2 N–H and O–H groups in total. The molecule has 0 unspecified atom stereocenters. The van der Waals surface area contributed by atoms with E-state index in [2.05, 4.69) is 41.3 Å². The molecular formula is C14H17BrFN5. The van der Waals surface area contributed by atoms with E-state index in [1.165, 1.54) is 6.07 Å². The molecule has 2 aromatic rings. The predicted octanol–water partition coefficient (Wildman–Crippen LogP) is 2.56. The van der Waals surface area contributed by atoms with E-state index in [1.807, 2.05) is 13.1 Å². The highest BCUT2D eigenvalue weighted by Gasteiger charge is 2.21. The van der Waals surface area contributed by atoms with E-state index in [0.717, 1.165) is 25.9 Å². The molecule has 0 aliphatic carbocycles. The van der Waals surface area contributed by atoms with Gasteiger partial charge < -0.3 is 10.2 Å². The molecule has 0 atom stereocenters. The fourth-order valence-corrected chi connectivity index (χ4v) is 3.02. The second-order valence-corrected chi connectivity index (χ2v) is 5.93. The maximum absolute atomic E-state index is 13.6. The number of halogens is 2. The zero-order valence-electron chi connectivity index (χ0n) is 11.7. The lowest BCUT2D eigenvalue weighted by Gasteiger charge is -2.30. The largest absolute Gasteiger partial charge is 0.339 e. The van der Waals surface area contributed by atoms with Crippen LogP contribution in [0.5, 0.6) is 0 Å². The number of aromatic nitrogens is 3. The van der Waals surface area contributed by atoms with Crippen molar-refractivity contribution in [1.29, 1.82) is 0 Å². The second-order valence-electron chi connectivity index (χ2n) is 5.14. The number of anilines is 1. The van der Waals surface area contributed by atoms with Crippen molar-refractivity contribution < 1.29 is 4.39 Å². The van der Waals surface area contributed by atoms with Crippen molar-refractivity contribution in [2.24, 2.45) is 0 Å². The van der Waals surface area contributed by atoms with E-state index in [1.54, 1.807) is 6.07 Å². The zero-order chi connectivity index (χ0) is 14.8. The lowest BCUT2D eigenvalue weighted by Crippen LogP contribution is -2.41. The van der Waals surface area contributed by atoms with Gasteiger partial charge in [0.15, 0.2) is 5.82 Å². The number of H-pyrrole nitrogens is 1. The van der Waals surface area contributed by atoms with Crippen LogP contribution >= 0.6 is 15.9 Å². The molecule has 1 aliphatic rings. The number of nitrogens with one attached hydrogen (secondary N) is 2. The number of piperidine rings is 1. The summed E-state index contributed by atoms with van der Waals surface area (Å²) in [6.07, 6.45) is 2.15. The van der Waals surface area contributed by atoms with Gasteiger partial charge in [0, 0.05) is 24.7 Å². The normalized spacial score (nSPS) is 16.4. The minimum atomic E-state index is -0.305. The van der Waals surface area contributed by atoms with Gasteiger partial charge in [-0.15, -0.1) is 5.10 Å². The van der Waals surface area contributed by atoms with Gasteiger partial charge in [-0.3, -0.25) is 5.10 Å². The summed E-state index contributed by atoms with van der Waals surface area (Å²) in [4.78, 5) is 6.65. The molecule has 1 fully saturated rings. The summed E-state index contributed by atoms with van der Waals surface area (Å²) < 4.78 is 14.0. The van der Waals surface area contributed by atoms with Crippen molar-refractivity contribution in [3.63, 3.8) is 0 Å². The first-order valence-corrected chi connectivity index (χ1v) is 7.77. The second kappa shape index (κ2) is 6.11. The number of hydrogen-bond donors (Lipinski definition) is 2. The molecule has 7 heteroatoms. The van der Waals surface area contributed by atoms with Gasteiger partial charge in [0.2, 0.25) is 5.95 Å². The minimum absolute atomic E-state index is 0.305. The summed E-state index contributed by atoms with van der Waals surface area (Å²) >= 11 is 3.25. The van der Waals surface area contributed by atoms with Crippen LogP contribution in [0.3, 0.4) is 0 Å². The van der Waals surface area contributed by atoms with Crippen molar-refractivity contribution in [2.45, 2.75) is 18.9 Å². The van der Waals surface area contributed by atoms with Gasteiger partial charge >= 0.3 is 0 Å². The quantitative estimate of drug-likeness (QED) is 0.890. The van der Waals surface area contributed by atoms with Crippen molar-refractivity contribution in [2.75, 3.05) is 25.0 Å². The number of hydrogen-bond acceptors (Lipinski definition) is 4. The van der Waals surface area contributed by atoms with Crippen LogP contribution in [-0.2, 0) is 0 Å². The smallest absolute Gasteiger partial charge is 0.245 e. The summed E-state index contributed by atoms with van der Waals surface area (Å²) in [6, 6.07) is 5.45. The van der Waals surface area contributed by atoms with Crippen LogP contribution in [0.15, 0.2) is 22.7 Å². The molecular weight excluding hydrogens is 337 g/mol. The van der Waals surface area contributed by atoms with Gasteiger partial charge in [0.25, 0.3) is 0 Å². The van der Waals surface area contributed by atoms with Gasteiger partial charge in [-0.05, 0) is 48.0 Å². The first-order chi connectivity index (χ1) is 10.2. The molecule has 5 nitrogen and oxygen atoms in total. The summed E-state index contributed by atoms with van der Waals surface area (Å²) in [5, 5.41) is 10.5. The average molecular weight is 354 g/mol. The van der Waals surface area contributed by atoms with Crippen molar-refractivity contribution in [1.82, 2.24) is 20.5 Å². The van der Waals surface area contributed by atoms with Gasteiger partial charge in [0.05, 0.1) is 4.47 Å². The molecule has 1 aromatic heterocycles. The summed E-state index contributed by atoms with van der Waals surface area (Å²) in [7, 11) is 1.99. The van der Waals surface area contributed by atoms with E-state index in [0.29, 0.717) is 27.9 Å². The molecule has 112 valence electrons. The van der Waals surface area contributed by atoms with Gasteiger partial charge in [-0.25, -0.2) is 4.39 Å². The molecule has 0 bridgehead atoms. The lowest BCUT2D eigenvalue weighted by atomic mass is 10.1. The van der Waals surface area contributed by atoms with Crippen LogP contribution in [0.1, 0.15) is 12.8 Å². The fraction of sp³-hybridized carbons (Fsp3) is 0.429. The number of rotatable bonds is 3. The van der Waals surface area contributed by atoms with Crippen molar-refractivity contribution >= 4 is 21.9 Å². The monoisotopic (exact) mass is 353 g/mol. The first kappa shape index (κ1) is 14.5. The zero-order valence-corrected chi connectivity index (χ0v) is 13.3. The molecule has 1 aliphatic heterocycles. The molecule has 2 heterocycles. The number of benzene rings is 1. The highest BCUT2D eigenvalue weighted by atomic mass is 79.9. The Kier molecular flexibility index (Phi) is 4.21. The van der Waals surface area contributed by atoms with Crippen LogP contribution in [-0.4, -0.2) is 41.4 Å². The molecule has 1 aromatic carbocycles. The van der Waals surface area contributed by atoms with Crippen LogP contribution in [0.4, 0.5) is 10.3 Å². The fourth-order valence-electron chi connectivity index (χ4n) is 2.57. The Morgan fingerprint density at radius 2 is 2.14 bits per heavy atom. The van der Waals surface area contributed by atoms with E-state index in [-0.39, 0.29) is 5.82 Å². The Hall–Kier alpha value is -1.47. The van der Waals surface area contributed by atoms with Crippen LogP contribution in [0.2, 0.25) is 0 Å². The Balaban J connectivity index is 1.79. The predicted molar refractivity (Wildman–Crippen MR) is 83.8 cm³/mol. The lowest BCUT2D eigenvalue weighted by molar-refractivity contribution is 0.439. The van der Waals surface area contributed by atoms with Gasteiger partial charge in [-0.1, -0.05) is 6.07 Å². The van der Waals surface area contributed by atoms with Crippen molar-refractivity contribution in [3.05, 3.63) is 28.5 Å². The molecule has 0 saturated carbocycles. The summed E-state index contributed by atoms with van der Waals surface area (Å²) in [5.41, 5.74) is 0.680. The third kappa shape index (κ3) is 2.94. The van der Waals surface area contributed by atoms with Crippen LogP contribution in [0.25, 0.3) is 11.4 Å². The SMILES string of the molecule is CNC1CCN(c2n[nH]c(-c3cccc(F)c3Br)n2)CC1. The van der Waals surface area contributed by atoms with Gasteiger partial charge in [0.1, 0.15) is 5.82 Å². The number of aromatic amines is 1. The summed E-state index contributed by atoms with van der Waals surface area (Å²) in [5.74, 6) is 0.947. The maximum Gasteiger partial charge on any atom is 0.245 e. The van der Waals surface area contributed by atoms with Crippen molar-refractivity contribution in [3.8, 4) is 11.4 Å². The Bertz CT molecular complexity index is 622. The summed E-state index contributed by atoms with van der Waals surface area (Å²) in [6.45, 7) is 1.85. The number of nitrogens with zero attached hydrogens (tertiary/aromatic N) is 3. The third-order valence-electron chi connectivity index (χ3n) is 3.87. The van der Waals surface area contributed by atoms with E-state index < -0.39 is 0 Å². The Morgan fingerprint density at radius 3 is 2.86 bits per heavy atom. The first-order valence-electron chi connectivity index (χ1n) is 6.98. The standard InChI is InChI=1S/C14H17BrFN5/c1-17-9-5-7-21(8-6-9)14-18-13(19-20-14)10-3-2-4-11(16)12(10)15/h2-4,9,17H,5-8H2,1H3,(H,18,19,20). The third-order valence-corrected chi connectivity index (χ3v) is 4.67. The van der Waals surface area contributed by atoms with Crippen LogP contribution < -0.4 is 10.2 Å². The minimum Gasteiger partial charge on any atom is -0.339 e. The molecule has 0 spiro atoms. The Morgan fingerprint density at radius 1 is 1.38 bits per heavy atom. The Labute approximate surface area is 131 Å². The maximum atomic E-state index is 13.6. The topological polar surface area (TPSA) is 56.8 Å². The highest BCUT2D eigenvalue weighted by molar-refractivity contribution is 9.10. The van der Waals surface area contributed by atoms with E-state index in [9.17, 15) is 4.39 Å². The molecule has 0 radical (unpaired) electrons. The average Bonchev–Trinajstić information content (AvgIpc) is 3.00. The van der Waals surface area contributed by atoms with Gasteiger partial charge in [-0.2, -0.15) is 4.98 Å². The molecule has 21 heavy (non-hydrogen) atoms. The van der Waals surface area contributed by atoms with E-state index >= 15 is 0 Å². The van der Waals surface area contributed by atoms with Crippen LogP contribution in [0, 0.1) is 5.82 Å². The molecule has 3 rings (SSSR count).